The summed E-state index contributed by atoms with van der Waals surface area (Å²) >= 11 is 0. The molecule has 1 heterocycles. The molecular weight excluding hydrogens is 295 g/mol. The van der Waals surface area contributed by atoms with Crippen LogP contribution in [-0.2, 0) is 0 Å². The van der Waals surface area contributed by atoms with Gasteiger partial charge in [-0.15, -0.1) is 0 Å². The van der Waals surface area contributed by atoms with E-state index >= 15 is 0 Å². The number of nitrogens with one attached hydrogen (secondary N) is 1. The van der Waals surface area contributed by atoms with Crippen molar-refractivity contribution in [2.24, 2.45) is 5.92 Å². The first-order valence-corrected chi connectivity index (χ1v) is 8.41. The van der Waals surface area contributed by atoms with Gasteiger partial charge in [0, 0.05) is 6.54 Å². The molecule has 3 rings (SSSR count). The average molecular weight is 318 g/mol. The van der Waals surface area contributed by atoms with Gasteiger partial charge in [-0.2, -0.15) is 4.73 Å². The molecule has 1 fully saturated rings. The maximum Gasteiger partial charge on any atom is 0.253 e. The van der Waals surface area contributed by atoms with Crippen molar-refractivity contribution in [1.29, 1.82) is 0 Å². The van der Waals surface area contributed by atoms with Gasteiger partial charge in [-0.25, -0.2) is 4.39 Å². The van der Waals surface area contributed by atoms with Crippen molar-refractivity contribution in [3.05, 3.63) is 35.8 Å². The number of hydrogen-bond donors (Lipinski definition) is 1. The van der Waals surface area contributed by atoms with E-state index in [2.05, 4.69) is 5.32 Å². The first-order valence-electron chi connectivity index (χ1n) is 8.41. The van der Waals surface area contributed by atoms with Gasteiger partial charge < -0.3 is 10.2 Å². The van der Waals surface area contributed by atoms with E-state index in [0.717, 1.165) is 12.8 Å². The van der Waals surface area contributed by atoms with E-state index in [1.165, 1.54) is 30.1 Å². The molecule has 124 valence electrons. The summed E-state index contributed by atoms with van der Waals surface area (Å²) in [6, 6.07) is 4.75. The highest BCUT2D eigenvalue weighted by molar-refractivity contribution is 6.07. The number of halogens is 1. The van der Waals surface area contributed by atoms with E-state index in [4.69, 9.17) is 4.84 Å². The Hall–Kier alpha value is -2.04. The Balaban J connectivity index is 1.81. The van der Waals surface area contributed by atoms with Gasteiger partial charge in [0.05, 0.1) is 22.7 Å². The standard InChI is InChI=1S/C18H23FN2O2/c1-2-23-21-12-14(17-15(19)9-6-10-16(17)21)18(22)20-11-13-7-4-3-5-8-13/h6,9-10,12-13H,2-5,7-8,11H2,1H3,(H,20,22). The van der Waals surface area contributed by atoms with Crippen molar-refractivity contribution in [3.8, 4) is 0 Å². The van der Waals surface area contributed by atoms with Crippen LogP contribution >= 0.6 is 0 Å². The minimum absolute atomic E-state index is 0.232. The lowest BCUT2D eigenvalue weighted by Crippen LogP contribution is -2.30. The third-order valence-electron chi connectivity index (χ3n) is 4.53. The second-order valence-electron chi connectivity index (χ2n) is 6.13. The van der Waals surface area contributed by atoms with Gasteiger partial charge in [-0.3, -0.25) is 4.79 Å². The first kappa shape index (κ1) is 15.8. The van der Waals surface area contributed by atoms with Crippen molar-refractivity contribution in [3.63, 3.8) is 0 Å². The van der Waals surface area contributed by atoms with Gasteiger partial charge in [0.2, 0.25) is 0 Å². The Kier molecular flexibility index (Phi) is 4.84. The summed E-state index contributed by atoms with van der Waals surface area (Å²) < 4.78 is 15.7. The number of carbonyl (C=O) groups excluding carboxylic acids is 1. The molecular formula is C18H23FN2O2. The van der Waals surface area contributed by atoms with Gasteiger partial charge in [0.1, 0.15) is 12.4 Å². The van der Waals surface area contributed by atoms with E-state index in [-0.39, 0.29) is 5.91 Å². The maximum absolute atomic E-state index is 14.2. The van der Waals surface area contributed by atoms with Crippen LogP contribution in [0.1, 0.15) is 49.4 Å². The molecule has 5 heteroatoms. The average Bonchev–Trinajstić information content (AvgIpc) is 2.94. The second-order valence-corrected chi connectivity index (χ2v) is 6.13. The summed E-state index contributed by atoms with van der Waals surface area (Å²) in [7, 11) is 0. The molecule has 23 heavy (non-hydrogen) atoms. The quantitative estimate of drug-likeness (QED) is 0.916. The largest absolute Gasteiger partial charge is 0.414 e. The zero-order valence-corrected chi connectivity index (χ0v) is 13.5. The zero-order chi connectivity index (χ0) is 16.2. The van der Waals surface area contributed by atoms with Crippen molar-refractivity contribution in [2.75, 3.05) is 13.2 Å². The maximum atomic E-state index is 14.2. The number of fused-ring (bicyclic) bond motifs is 1. The summed E-state index contributed by atoms with van der Waals surface area (Å²) in [4.78, 5) is 18.0. The molecule has 1 aliphatic rings. The summed E-state index contributed by atoms with van der Waals surface area (Å²) in [5.41, 5.74) is 0.914. The van der Waals surface area contributed by atoms with E-state index in [9.17, 15) is 9.18 Å². The molecule has 1 aromatic carbocycles. The normalized spacial score (nSPS) is 15.7. The SMILES string of the molecule is CCOn1cc(C(=O)NCC2CCCCC2)c2c(F)cccc21. The molecule has 0 spiro atoms. The summed E-state index contributed by atoms with van der Waals surface area (Å²) in [6.07, 6.45) is 7.66. The Bertz CT molecular complexity index is 690. The lowest BCUT2D eigenvalue weighted by Gasteiger charge is -2.21. The van der Waals surface area contributed by atoms with Crippen molar-refractivity contribution >= 4 is 16.8 Å². The third-order valence-corrected chi connectivity index (χ3v) is 4.53. The van der Waals surface area contributed by atoms with Crippen LogP contribution < -0.4 is 10.2 Å². The molecule has 1 aromatic heterocycles. The van der Waals surface area contributed by atoms with Crippen LogP contribution in [0.3, 0.4) is 0 Å². The van der Waals surface area contributed by atoms with E-state index in [1.54, 1.807) is 18.3 Å². The second kappa shape index (κ2) is 7.02. The lowest BCUT2D eigenvalue weighted by atomic mass is 9.89. The number of nitrogens with zero attached hydrogens (tertiary/aromatic N) is 1. The first-order chi connectivity index (χ1) is 11.2. The van der Waals surface area contributed by atoms with Crippen LogP contribution in [0.15, 0.2) is 24.4 Å². The van der Waals surface area contributed by atoms with Crippen LogP contribution in [0.4, 0.5) is 4.39 Å². The third kappa shape index (κ3) is 3.33. The molecule has 4 nitrogen and oxygen atoms in total. The molecule has 0 saturated heterocycles. The Labute approximate surface area is 135 Å². The molecule has 0 unspecified atom stereocenters. The molecule has 0 radical (unpaired) electrons. The number of amides is 1. The summed E-state index contributed by atoms with van der Waals surface area (Å²) in [5, 5.41) is 3.29. The summed E-state index contributed by atoms with van der Waals surface area (Å²) in [5.74, 6) is -0.0920. The van der Waals surface area contributed by atoms with Crippen LogP contribution in [-0.4, -0.2) is 23.8 Å². The molecule has 0 bridgehead atoms. The van der Waals surface area contributed by atoms with Gasteiger partial charge >= 0.3 is 0 Å². The number of aromatic nitrogens is 1. The van der Waals surface area contributed by atoms with Gasteiger partial charge in [-0.1, -0.05) is 25.3 Å². The smallest absolute Gasteiger partial charge is 0.253 e. The Morgan fingerprint density at radius 1 is 1.35 bits per heavy atom. The molecule has 1 saturated carbocycles. The molecule has 1 N–H and O–H groups in total. The van der Waals surface area contributed by atoms with E-state index in [1.807, 2.05) is 6.92 Å². The van der Waals surface area contributed by atoms with Gasteiger partial charge in [0.15, 0.2) is 0 Å². The Morgan fingerprint density at radius 2 is 2.13 bits per heavy atom. The van der Waals surface area contributed by atoms with Crippen LogP contribution in [0, 0.1) is 11.7 Å². The van der Waals surface area contributed by atoms with Gasteiger partial charge in [-0.05, 0) is 37.8 Å². The molecule has 0 atom stereocenters. The zero-order valence-electron chi connectivity index (χ0n) is 13.5. The van der Waals surface area contributed by atoms with Crippen molar-refractivity contribution < 1.29 is 14.0 Å². The predicted octanol–water partition coefficient (Wildman–Crippen LogP) is 3.54. The highest BCUT2D eigenvalue weighted by Crippen LogP contribution is 2.25. The fraction of sp³-hybridized carbons (Fsp3) is 0.500. The summed E-state index contributed by atoms with van der Waals surface area (Å²) in [6.45, 7) is 2.96. The molecule has 0 aliphatic heterocycles. The minimum atomic E-state index is -0.399. The van der Waals surface area contributed by atoms with E-state index < -0.39 is 5.82 Å². The highest BCUT2D eigenvalue weighted by atomic mass is 19.1. The predicted molar refractivity (Wildman–Crippen MR) is 87.9 cm³/mol. The van der Waals surface area contributed by atoms with Crippen LogP contribution in [0.5, 0.6) is 0 Å². The number of hydrogen-bond acceptors (Lipinski definition) is 2. The molecule has 1 amide bonds. The monoisotopic (exact) mass is 318 g/mol. The van der Waals surface area contributed by atoms with Crippen molar-refractivity contribution in [1.82, 2.24) is 10.0 Å². The van der Waals surface area contributed by atoms with Crippen LogP contribution in [0.2, 0.25) is 0 Å². The molecule has 2 aromatic rings. The van der Waals surface area contributed by atoms with Crippen molar-refractivity contribution in [2.45, 2.75) is 39.0 Å². The fourth-order valence-electron chi connectivity index (χ4n) is 3.36. The van der Waals surface area contributed by atoms with Gasteiger partial charge in [0.25, 0.3) is 5.91 Å². The Morgan fingerprint density at radius 3 is 2.87 bits per heavy atom. The lowest BCUT2D eigenvalue weighted by molar-refractivity contribution is 0.0939. The highest BCUT2D eigenvalue weighted by Gasteiger charge is 2.20. The molecule has 1 aliphatic carbocycles. The number of benzene rings is 1. The minimum Gasteiger partial charge on any atom is -0.414 e. The van der Waals surface area contributed by atoms with E-state index in [0.29, 0.717) is 35.5 Å². The topological polar surface area (TPSA) is 43.3 Å². The van der Waals surface area contributed by atoms with Crippen LogP contribution in [0.25, 0.3) is 10.9 Å². The number of carbonyl (C=O) groups is 1. The fourth-order valence-corrected chi connectivity index (χ4v) is 3.36. The number of rotatable bonds is 5.